The van der Waals surface area contributed by atoms with E-state index in [0.717, 1.165) is 4.90 Å². The number of hydrogen-bond donors (Lipinski definition) is 2. The number of thioether (sulfide) groups is 1. The summed E-state index contributed by atoms with van der Waals surface area (Å²) in [5.74, 6) is -1.22. The van der Waals surface area contributed by atoms with Crippen molar-refractivity contribution in [2.24, 2.45) is 0 Å². The SMILES string of the molecule is CSc1ccc(Nc2c(C(=O)O)cccc2[N+](=O)[O-])cc1. The summed E-state index contributed by atoms with van der Waals surface area (Å²) in [6.45, 7) is 0. The number of benzene rings is 2. The number of nitrogens with one attached hydrogen (secondary N) is 1. The smallest absolute Gasteiger partial charge is 0.338 e. The minimum Gasteiger partial charge on any atom is -0.478 e. The lowest BCUT2D eigenvalue weighted by molar-refractivity contribution is -0.383. The van der Waals surface area contributed by atoms with Crippen LogP contribution in [0.5, 0.6) is 0 Å². The van der Waals surface area contributed by atoms with E-state index in [-0.39, 0.29) is 16.9 Å². The van der Waals surface area contributed by atoms with Crippen molar-refractivity contribution in [3.8, 4) is 0 Å². The standard InChI is InChI=1S/C14H12N2O4S/c1-21-10-7-5-9(6-8-10)15-13-11(14(17)18)3-2-4-12(13)16(19)20/h2-8,15H,1H3,(H,17,18). The first kappa shape index (κ1) is 14.9. The van der Waals surface area contributed by atoms with Crippen LogP contribution in [0.3, 0.4) is 0 Å². The average molecular weight is 304 g/mol. The van der Waals surface area contributed by atoms with Crippen LogP contribution in [-0.4, -0.2) is 22.3 Å². The average Bonchev–Trinajstić information content (AvgIpc) is 2.47. The van der Waals surface area contributed by atoms with Gasteiger partial charge in [0, 0.05) is 16.6 Å². The molecule has 0 aliphatic heterocycles. The van der Waals surface area contributed by atoms with E-state index < -0.39 is 10.9 Å². The number of para-hydroxylation sites is 1. The van der Waals surface area contributed by atoms with Crippen LogP contribution in [0.4, 0.5) is 17.1 Å². The fourth-order valence-electron chi connectivity index (χ4n) is 1.82. The number of carboxylic acids is 1. The summed E-state index contributed by atoms with van der Waals surface area (Å²) in [7, 11) is 0. The Morgan fingerprint density at radius 3 is 2.43 bits per heavy atom. The van der Waals surface area contributed by atoms with Crippen LogP contribution in [0.25, 0.3) is 0 Å². The lowest BCUT2D eigenvalue weighted by atomic mass is 10.1. The van der Waals surface area contributed by atoms with Gasteiger partial charge < -0.3 is 10.4 Å². The molecule has 2 N–H and O–H groups in total. The van der Waals surface area contributed by atoms with E-state index >= 15 is 0 Å². The van der Waals surface area contributed by atoms with Crippen molar-refractivity contribution >= 4 is 34.8 Å². The molecule has 0 atom stereocenters. The van der Waals surface area contributed by atoms with Gasteiger partial charge in [0.2, 0.25) is 0 Å². The van der Waals surface area contributed by atoms with Gasteiger partial charge in [0.05, 0.1) is 10.5 Å². The first-order chi connectivity index (χ1) is 10.0. The maximum Gasteiger partial charge on any atom is 0.338 e. The predicted octanol–water partition coefficient (Wildman–Crippen LogP) is 3.76. The maximum atomic E-state index is 11.2. The van der Waals surface area contributed by atoms with Gasteiger partial charge in [-0.1, -0.05) is 6.07 Å². The first-order valence-electron chi connectivity index (χ1n) is 5.94. The summed E-state index contributed by atoms with van der Waals surface area (Å²) in [5.41, 5.74) is 0.151. The molecule has 0 aromatic heterocycles. The van der Waals surface area contributed by atoms with Gasteiger partial charge in [-0.3, -0.25) is 10.1 Å². The van der Waals surface area contributed by atoms with Gasteiger partial charge in [0.15, 0.2) is 0 Å². The Kier molecular flexibility index (Phi) is 4.44. The van der Waals surface area contributed by atoms with Crippen molar-refractivity contribution in [2.45, 2.75) is 4.90 Å². The molecule has 0 fully saturated rings. The molecule has 0 aliphatic rings. The molecule has 0 amide bonds. The van der Waals surface area contributed by atoms with E-state index in [4.69, 9.17) is 5.11 Å². The summed E-state index contributed by atoms with van der Waals surface area (Å²) in [6.07, 6.45) is 1.94. The third kappa shape index (κ3) is 3.32. The van der Waals surface area contributed by atoms with Crippen LogP contribution >= 0.6 is 11.8 Å². The molecule has 6 nitrogen and oxygen atoms in total. The molecular formula is C14H12N2O4S. The Morgan fingerprint density at radius 2 is 1.90 bits per heavy atom. The van der Waals surface area contributed by atoms with Gasteiger partial charge in [0.1, 0.15) is 5.69 Å². The molecule has 0 bridgehead atoms. The van der Waals surface area contributed by atoms with Crippen LogP contribution in [0.1, 0.15) is 10.4 Å². The molecule has 0 aliphatic carbocycles. The van der Waals surface area contributed by atoms with Crippen LogP contribution in [0, 0.1) is 10.1 Å². The van der Waals surface area contributed by atoms with Crippen molar-refractivity contribution in [3.05, 3.63) is 58.1 Å². The van der Waals surface area contributed by atoms with Crippen LogP contribution < -0.4 is 5.32 Å². The number of nitro benzene ring substituents is 1. The van der Waals surface area contributed by atoms with E-state index in [9.17, 15) is 14.9 Å². The molecule has 0 radical (unpaired) electrons. The molecule has 0 saturated heterocycles. The minimum atomic E-state index is -1.22. The molecule has 0 saturated carbocycles. The van der Waals surface area contributed by atoms with E-state index in [1.54, 1.807) is 23.9 Å². The largest absolute Gasteiger partial charge is 0.478 e. The lowest BCUT2D eigenvalue weighted by Gasteiger charge is -2.10. The molecule has 7 heteroatoms. The molecule has 0 spiro atoms. The Balaban J connectivity index is 2.45. The predicted molar refractivity (Wildman–Crippen MR) is 81.6 cm³/mol. The number of aromatic carboxylic acids is 1. The molecule has 21 heavy (non-hydrogen) atoms. The monoisotopic (exact) mass is 304 g/mol. The van der Waals surface area contributed by atoms with Gasteiger partial charge in [-0.2, -0.15) is 0 Å². The number of carbonyl (C=O) groups is 1. The molecule has 2 aromatic carbocycles. The topological polar surface area (TPSA) is 92.5 Å². The van der Waals surface area contributed by atoms with Crippen LogP contribution in [0.15, 0.2) is 47.4 Å². The van der Waals surface area contributed by atoms with Gasteiger partial charge >= 0.3 is 5.97 Å². The summed E-state index contributed by atoms with van der Waals surface area (Å²) in [6, 6.07) is 11.1. The second kappa shape index (κ2) is 6.27. The highest BCUT2D eigenvalue weighted by molar-refractivity contribution is 7.98. The summed E-state index contributed by atoms with van der Waals surface area (Å²) >= 11 is 1.57. The highest BCUT2D eigenvalue weighted by atomic mass is 32.2. The highest BCUT2D eigenvalue weighted by Gasteiger charge is 2.21. The minimum absolute atomic E-state index is 0.0214. The third-order valence-electron chi connectivity index (χ3n) is 2.83. The summed E-state index contributed by atoms with van der Waals surface area (Å²) < 4.78 is 0. The number of anilines is 2. The van der Waals surface area contributed by atoms with Gasteiger partial charge in [-0.05, 0) is 36.6 Å². The fraction of sp³-hybridized carbons (Fsp3) is 0.0714. The second-order valence-electron chi connectivity index (χ2n) is 4.12. The van der Waals surface area contributed by atoms with Crippen molar-refractivity contribution in [3.63, 3.8) is 0 Å². The fourth-order valence-corrected chi connectivity index (χ4v) is 2.23. The molecule has 0 heterocycles. The van der Waals surface area contributed by atoms with Gasteiger partial charge in [-0.15, -0.1) is 11.8 Å². The zero-order chi connectivity index (χ0) is 15.4. The van der Waals surface area contributed by atoms with Crippen molar-refractivity contribution in [1.82, 2.24) is 0 Å². The number of nitrogens with zero attached hydrogens (tertiary/aromatic N) is 1. The van der Waals surface area contributed by atoms with E-state index in [2.05, 4.69) is 5.32 Å². The van der Waals surface area contributed by atoms with E-state index in [1.807, 2.05) is 18.4 Å². The lowest BCUT2D eigenvalue weighted by Crippen LogP contribution is -2.05. The number of nitro groups is 1. The van der Waals surface area contributed by atoms with Gasteiger partial charge in [0.25, 0.3) is 5.69 Å². The summed E-state index contributed by atoms with van der Waals surface area (Å²) in [5, 5.41) is 23.0. The molecule has 0 unspecified atom stereocenters. The van der Waals surface area contributed by atoms with Crippen molar-refractivity contribution in [2.75, 3.05) is 11.6 Å². The van der Waals surface area contributed by atoms with E-state index in [1.165, 1.54) is 18.2 Å². The Labute approximate surface area is 125 Å². The third-order valence-corrected chi connectivity index (χ3v) is 3.57. The highest BCUT2D eigenvalue weighted by Crippen LogP contribution is 2.31. The Hall–Kier alpha value is -2.54. The maximum absolute atomic E-state index is 11.2. The van der Waals surface area contributed by atoms with Crippen LogP contribution in [-0.2, 0) is 0 Å². The first-order valence-corrected chi connectivity index (χ1v) is 7.17. The van der Waals surface area contributed by atoms with Crippen molar-refractivity contribution < 1.29 is 14.8 Å². The van der Waals surface area contributed by atoms with Crippen molar-refractivity contribution in [1.29, 1.82) is 0 Å². The Bertz CT molecular complexity index is 654. The number of carboxylic acid groups (broad SMARTS) is 1. The molecular weight excluding hydrogens is 292 g/mol. The number of rotatable bonds is 5. The Morgan fingerprint density at radius 1 is 1.24 bits per heavy atom. The zero-order valence-electron chi connectivity index (χ0n) is 11.1. The zero-order valence-corrected chi connectivity index (χ0v) is 11.9. The second-order valence-corrected chi connectivity index (χ2v) is 5.00. The van der Waals surface area contributed by atoms with Gasteiger partial charge in [-0.25, -0.2) is 4.79 Å². The molecule has 108 valence electrons. The molecule has 2 aromatic rings. The van der Waals surface area contributed by atoms with Crippen LogP contribution in [0.2, 0.25) is 0 Å². The van der Waals surface area contributed by atoms with E-state index in [0.29, 0.717) is 5.69 Å². The summed E-state index contributed by atoms with van der Waals surface area (Å²) in [4.78, 5) is 22.7. The number of hydrogen-bond acceptors (Lipinski definition) is 5. The normalized spacial score (nSPS) is 10.1. The molecule has 2 rings (SSSR count). The quantitative estimate of drug-likeness (QED) is 0.496.